The van der Waals surface area contributed by atoms with E-state index in [1.807, 2.05) is 11.8 Å². The van der Waals surface area contributed by atoms with Crippen LogP contribution in [0.2, 0.25) is 0 Å². The second-order valence-corrected chi connectivity index (χ2v) is 5.83. The molecule has 1 aromatic carbocycles. The van der Waals surface area contributed by atoms with Crippen LogP contribution in [-0.4, -0.2) is 29.1 Å². The smallest absolute Gasteiger partial charge is 0.329 e. The molecule has 0 radical (unpaired) electrons. The summed E-state index contributed by atoms with van der Waals surface area (Å²) in [5, 5.41) is 9.58. The number of halogens is 1. The summed E-state index contributed by atoms with van der Waals surface area (Å²) in [4.78, 5) is 24.8. The molecule has 0 aromatic heterocycles. The van der Waals surface area contributed by atoms with Gasteiger partial charge < -0.3 is 15.7 Å². The molecule has 1 saturated heterocycles. The number of carboxylic acids is 1. The van der Waals surface area contributed by atoms with Gasteiger partial charge in [-0.3, -0.25) is 4.79 Å². The maximum atomic E-state index is 11.7. The number of carbonyl (C=O) groups excluding carboxylic acids is 1. The largest absolute Gasteiger partial charge is 0.479 e. The lowest BCUT2D eigenvalue weighted by Crippen LogP contribution is -2.50. The monoisotopic (exact) mass is 340 g/mol. The summed E-state index contributed by atoms with van der Waals surface area (Å²) in [5.41, 5.74) is 5.60. The van der Waals surface area contributed by atoms with Crippen molar-refractivity contribution in [1.82, 2.24) is 0 Å². The lowest BCUT2D eigenvalue weighted by atomic mass is 9.92. The van der Waals surface area contributed by atoms with E-state index in [4.69, 9.17) is 5.73 Å². The Morgan fingerprint density at radius 2 is 2.20 bits per heavy atom. The minimum absolute atomic E-state index is 0.394. The first-order valence-corrected chi connectivity index (χ1v) is 7.32. The first-order chi connectivity index (χ1) is 9.42. The number of carboxylic acid groups (broad SMARTS) is 1. The van der Waals surface area contributed by atoms with E-state index >= 15 is 0 Å². The molecule has 3 N–H and O–H groups in total. The summed E-state index contributed by atoms with van der Waals surface area (Å²) in [6.45, 7) is 2.59. The molecule has 1 unspecified atom stereocenters. The van der Waals surface area contributed by atoms with Crippen LogP contribution >= 0.6 is 15.9 Å². The van der Waals surface area contributed by atoms with Crippen LogP contribution in [0.25, 0.3) is 0 Å². The molecule has 0 bridgehead atoms. The third-order valence-corrected chi connectivity index (χ3v) is 4.66. The SMILES string of the molecule is CCC1(C(=O)O)CCCN1c1ccc(C(N)=O)c(Br)c1. The molecular formula is C14H17BrN2O3. The number of aliphatic carboxylic acids is 1. The van der Waals surface area contributed by atoms with Crippen molar-refractivity contribution in [2.24, 2.45) is 5.73 Å². The van der Waals surface area contributed by atoms with E-state index in [0.29, 0.717) is 29.4 Å². The average Bonchev–Trinajstić information content (AvgIpc) is 2.83. The lowest BCUT2D eigenvalue weighted by molar-refractivity contribution is -0.143. The highest BCUT2D eigenvalue weighted by molar-refractivity contribution is 9.10. The number of benzene rings is 1. The fourth-order valence-electron chi connectivity index (χ4n) is 2.87. The Bertz CT molecular complexity index is 561. The van der Waals surface area contributed by atoms with E-state index in [2.05, 4.69) is 15.9 Å². The summed E-state index contributed by atoms with van der Waals surface area (Å²) >= 11 is 3.32. The summed E-state index contributed by atoms with van der Waals surface area (Å²) in [6, 6.07) is 5.14. The fourth-order valence-corrected chi connectivity index (χ4v) is 3.43. The molecule has 5 nitrogen and oxygen atoms in total. The molecule has 1 aromatic rings. The third-order valence-electron chi connectivity index (χ3n) is 4.00. The Labute approximate surface area is 125 Å². The van der Waals surface area contributed by atoms with Crippen LogP contribution < -0.4 is 10.6 Å². The van der Waals surface area contributed by atoms with Crippen LogP contribution in [0.4, 0.5) is 5.69 Å². The van der Waals surface area contributed by atoms with Crippen molar-refractivity contribution >= 4 is 33.5 Å². The summed E-state index contributed by atoms with van der Waals surface area (Å²) in [5.74, 6) is -1.31. The quantitative estimate of drug-likeness (QED) is 0.881. The van der Waals surface area contributed by atoms with Gasteiger partial charge in [-0.15, -0.1) is 0 Å². The maximum Gasteiger partial charge on any atom is 0.329 e. The van der Waals surface area contributed by atoms with Crippen LogP contribution in [0.15, 0.2) is 22.7 Å². The molecule has 0 spiro atoms. The predicted molar refractivity (Wildman–Crippen MR) is 79.9 cm³/mol. The highest BCUT2D eigenvalue weighted by atomic mass is 79.9. The number of amides is 1. The maximum absolute atomic E-state index is 11.7. The minimum Gasteiger partial charge on any atom is -0.479 e. The molecule has 1 fully saturated rings. The zero-order valence-corrected chi connectivity index (χ0v) is 12.8. The van der Waals surface area contributed by atoms with Crippen LogP contribution in [-0.2, 0) is 4.79 Å². The van der Waals surface area contributed by atoms with Crippen molar-refractivity contribution in [1.29, 1.82) is 0 Å². The van der Waals surface area contributed by atoms with Gasteiger partial charge in [-0.25, -0.2) is 4.79 Å². The number of hydrogen-bond acceptors (Lipinski definition) is 3. The third kappa shape index (κ3) is 2.28. The lowest BCUT2D eigenvalue weighted by Gasteiger charge is -2.35. The topological polar surface area (TPSA) is 83.6 Å². The molecular weight excluding hydrogens is 324 g/mol. The number of carbonyl (C=O) groups is 2. The average molecular weight is 341 g/mol. The van der Waals surface area contributed by atoms with E-state index in [1.54, 1.807) is 18.2 Å². The van der Waals surface area contributed by atoms with Crippen LogP contribution in [0, 0.1) is 0 Å². The molecule has 1 amide bonds. The number of nitrogens with zero attached hydrogens (tertiary/aromatic N) is 1. The number of rotatable bonds is 4. The van der Waals surface area contributed by atoms with Gasteiger partial charge in [0.15, 0.2) is 0 Å². The van der Waals surface area contributed by atoms with Gasteiger partial charge in [0.1, 0.15) is 5.54 Å². The van der Waals surface area contributed by atoms with Gasteiger partial charge in [-0.05, 0) is 53.4 Å². The minimum atomic E-state index is -0.853. The molecule has 1 heterocycles. The summed E-state index contributed by atoms with van der Waals surface area (Å²) in [6.07, 6.45) is 2.01. The van der Waals surface area contributed by atoms with Crippen molar-refractivity contribution in [3.05, 3.63) is 28.2 Å². The van der Waals surface area contributed by atoms with Crippen LogP contribution in [0.3, 0.4) is 0 Å². The van der Waals surface area contributed by atoms with Gasteiger partial charge in [-0.2, -0.15) is 0 Å². The normalized spacial score (nSPS) is 22.0. The Hall–Kier alpha value is -1.56. The van der Waals surface area contributed by atoms with Gasteiger partial charge in [0.2, 0.25) is 5.91 Å². The van der Waals surface area contributed by atoms with E-state index in [-0.39, 0.29) is 0 Å². The van der Waals surface area contributed by atoms with E-state index < -0.39 is 17.4 Å². The first kappa shape index (κ1) is 14.8. The zero-order chi connectivity index (χ0) is 14.9. The Morgan fingerprint density at radius 1 is 1.50 bits per heavy atom. The molecule has 1 aliphatic rings. The Kier molecular flexibility index (Phi) is 4.04. The second-order valence-electron chi connectivity index (χ2n) is 4.97. The van der Waals surface area contributed by atoms with Crippen molar-refractivity contribution in [2.45, 2.75) is 31.7 Å². The molecule has 20 heavy (non-hydrogen) atoms. The molecule has 1 aliphatic heterocycles. The van der Waals surface area contributed by atoms with Crippen molar-refractivity contribution in [2.75, 3.05) is 11.4 Å². The summed E-state index contributed by atoms with van der Waals surface area (Å²) in [7, 11) is 0. The van der Waals surface area contributed by atoms with Gasteiger partial charge in [0, 0.05) is 16.7 Å². The standard InChI is InChI=1S/C14H17BrN2O3/c1-2-14(13(19)20)6-3-7-17(14)9-4-5-10(12(16)18)11(15)8-9/h4-5,8H,2-3,6-7H2,1H3,(H2,16,18)(H,19,20). The van der Waals surface area contributed by atoms with E-state index in [1.165, 1.54) is 0 Å². The van der Waals surface area contributed by atoms with Crippen molar-refractivity contribution in [3.63, 3.8) is 0 Å². The van der Waals surface area contributed by atoms with Crippen molar-refractivity contribution < 1.29 is 14.7 Å². The molecule has 0 saturated carbocycles. The second kappa shape index (κ2) is 5.44. The van der Waals surface area contributed by atoms with E-state index in [9.17, 15) is 14.7 Å². The summed E-state index contributed by atoms with van der Waals surface area (Å²) < 4.78 is 0.588. The number of nitrogens with two attached hydrogens (primary N) is 1. The van der Waals surface area contributed by atoms with Crippen LogP contribution in [0.1, 0.15) is 36.5 Å². The zero-order valence-electron chi connectivity index (χ0n) is 11.2. The molecule has 6 heteroatoms. The van der Waals surface area contributed by atoms with Gasteiger partial charge in [0.05, 0.1) is 5.56 Å². The predicted octanol–water partition coefficient (Wildman–Crippen LogP) is 2.38. The highest BCUT2D eigenvalue weighted by Crippen LogP contribution is 2.38. The number of anilines is 1. The van der Waals surface area contributed by atoms with Gasteiger partial charge >= 0.3 is 5.97 Å². The molecule has 108 valence electrons. The Morgan fingerprint density at radius 3 is 2.70 bits per heavy atom. The Balaban J connectivity index is 2.43. The first-order valence-electron chi connectivity index (χ1n) is 6.53. The highest BCUT2D eigenvalue weighted by Gasteiger charge is 2.46. The van der Waals surface area contributed by atoms with E-state index in [0.717, 1.165) is 12.1 Å². The molecule has 0 aliphatic carbocycles. The van der Waals surface area contributed by atoms with Crippen molar-refractivity contribution in [3.8, 4) is 0 Å². The van der Waals surface area contributed by atoms with Gasteiger partial charge in [-0.1, -0.05) is 6.92 Å². The van der Waals surface area contributed by atoms with Gasteiger partial charge in [0.25, 0.3) is 0 Å². The molecule has 1 atom stereocenters. The molecule has 2 rings (SSSR count). The van der Waals surface area contributed by atoms with Crippen LogP contribution in [0.5, 0.6) is 0 Å². The number of hydrogen-bond donors (Lipinski definition) is 2. The fraction of sp³-hybridized carbons (Fsp3) is 0.429. The number of primary amides is 1.